The smallest absolute Gasteiger partial charge is 0.197 e. The van der Waals surface area contributed by atoms with Crippen molar-refractivity contribution in [3.8, 4) is 0 Å². The van der Waals surface area contributed by atoms with E-state index in [1.54, 1.807) is 0 Å². The predicted molar refractivity (Wildman–Crippen MR) is 29.7 cm³/mol. The van der Waals surface area contributed by atoms with Gasteiger partial charge < -0.3 is 0 Å². The van der Waals surface area contributed by atoms with Crippen LogP contribution in [0.5, 0.6) is 0 Å². The van der Waals surface area contributed by atoms with Crippen molar-refractivity contribution in [3.05, 3.63) is 0 Å². The zero-order chi connectivity index (χ0) is 2.71. The molecule has 0 aliphatic rings. The molecule has 0 N–H and O–H groups in total. The molecule has 0 aliphatic carbocycles. The van der Waals surface area contributed by atoms with Gasteiger partial charge in [-0.2, -0.15) is 35.4 Å². The molecule has 0 fully saturated rings. The van der Waals surface area contributed by atoms with Crippen LogP contribution in [0.4, 0.5) is 0 Å². The summed E-state index contributed by atoms with van der Waals surface area (Å²) in [7, 11) is 0. The molecule has 0 aromatic carbocycles. The Labute approximate surface area is 47.4 Å². The molecule has 0 rings (SSSR count). The van der Waals surface area contributed by atoms with E-state index in [2.05, 4.69) is 0 Å². The summed E-state index contributed by atoms with van der Waals surface area (Å²) in [6, 6.07) is 0. The van der Waals surface area contributed by atoms with Gasteiger partial charge in [-0.05, 0) is 0 Å². The predicted octanol–water partition coefficient (Wildman–Crippen LogP) is -0.445. The highest BCUT2D eigenvalue weighted by Gasteiger charge is 1.12. The molecule has 0 unspecified atom stereocenters. The molecule has 0 atom stereocenters. The zero-order valence-corrected chi connectivity index (χ0v) is 5.04. The average molecular weight is 132 g/mol. The average Bonchev–Trinajstić information content (AvgIpc) is 0.918. The summed E-state index contributed by atoms with van der Waals surface area (Å²) in [4.78, 5) is 0. The minimum absolute atomic E-state index is 0. The van der Waals surface area contributed by atoms with Crippen molar-refractivity contribution in [3.63, 3.8) is 0 Å². The fourth-order valence-corrected chi connectivity index (χ4v) is 0. The van der Waals surface area contributed by atoms with Gasteiger partial charge in [0.05, 0.1) is 0 Å². The van der Waals surface area contributed by atoms with Crippen LogP contribution in [0.3, 0.4) is 0 Å². The van der Waals surface area contributed by atoms with Gasteiger partial charge >= 0.3 is 11.6 Å². The summed E-state index contributed by atoms with van der Waals surface area (Å²) in [6.45, 7) is 0. The summed E-state index contributed by atoms with van der Waals surface area (Å²) in [5.41, 5.74) is 0. The van der Waals surface area contributed by atoms with Crippen LogP contribution in [0.15, 0.2) is 0 Å². The van der Waals surface area contributed by atoms with Crippen molar-refractivity contribution < 1.29 is 8.42 Å². The summed E-state index contributed by atoms with van der Waals surface area (Å²) in [5, 5.41) is 0. The molecule has 0 saturated carbocycles. The summed E-state index contributed by atoms with van der Waals surface area (Å²) in [5.74, 6) is 0. The maximum absolute atomic E-state index is 8.29. The van der Waals surface area contributed by atoms with Crippen molar-refractivity contribution in [1.29, 1.82) is 0 Å². The lowest BCUT2D eigenvalue weighted by atomic mass is 15.9. The molecule has 0 spiro atoms. The Hall–Kier alpha value is 0.520. The van der Waals surface area contributed by atoms with E-state index in [9.17, 15) is 0 Å². The van der Waals surface area contributed by atoms with Crippen molar-refractivity contribution in [2.75, 3.05) is 0 Å². The Kier molecular flexibility index (Phi) is 86.1. The molecule has 0 radical (unpaired) electrons. The molecular formula is H4O2S3. The van der Waals surface area contributed by atoms with Gasteiger partial charge in [0, 0.05) is 0 Å². The first-order valence-electron chi connectivity index (χ1n) is 0.333. The van der Waals surface area contributed by atoms with Crippen LogP contribution in [0, 0.1) is 0 Å². The SMILES string of the molecule is O=S=O.S.S. The van der Waals surface area contributed by atoms with E-state index in [-0.39, 0.29) is 27.0 Å². The van der Waals surface area contributed by atoms with E-state index < -0.39 is 11.6 Å². The third-order valence-electron chi connectivity index (χ3n) is 0. The Morgan fingerprint density at radius 1 is 1.00 bits per heavy atom. The largest absolute Gasteiger partial charge is 0.335 e. The van der Waals surface area contributed by atoms with E-state index in [0.29, 0.717) is 0 Å². The Morgan fingerprint density at radius 3 is 1.00 bits per heavy atom. The van der Waals surface area contributed by atoms with Crippen LogP contribution in [0.2, 0.25) is 0 Å². The number of hydrogen-bond donors (Lipinski definition) is 0. The summed E-state index contributed by atoms with van der Waals surface area (Å²) in [6.07, 6.45) is 0. The van der Waals surface area contributed by atoms with E-state index in [1.807, 2.05) is 0 Å². The lowest BCUT2D eigenvalue weighted by Crippen LogP contribution is -1.18. The second-order valence-electron chi connectivity index (χ2n) is 0.0680. The zero-order valence-electron chi connectivity index (χ0n) is 2.22. The molecule has 5 heteroatoms. The quantitative estimate of drug-likeness (QED) is 0.447. The van der Waals surface area contributed by atoms with Gasteiger partial charge in [-0.15, -0.1) is 0 Å². The van der Waals surface area contributed by atoms with Gasteiger partial charge in [0.15, 0.2) is 0 Å². The van der Waals surface area contributed by atoms with E-state index in [4.69, 9.17) is 8.42 Å². The molecule has 0 bridgehead atoms. The number of rotatable bonds is 0. The standard InChI is InChI=1S/O2S.2H2S/c1-3-2;;/h;2*1H2. The molecule has 0 aliphatic heterocycles. The Morgan fingerprint density at radius 2 is 1.00 bits per heavy atom. The molecule has 0 saturated heterocycles. The molecule has 0 amide bonds. The molecule has 0 heterocycles. The Balaban J connectivity index is -0.0000000200. The lowest BCUT2D eigenvalue weighted by Gasteiger charge is -0.947. The van der Waals surface area contributed by atoms with Crippen LogP contribution in [0.1, 0.15) is 0 Å². The van der Waals surface area contributed by atoms with Crippen LogP contribution in [0.25, 0.3) is 0 Å². The summed E-state index contributed by atoms with van der Waals surface area (Å²) < 4.78 is 16.6. The van der Waals surface area contributed by atoms with Gasteiger partial charge in [-0.25, -0.2) is 0 Å². The maximum atomic E-state index is 8.29. The molecule has 34 valence electrons. The highest BCUT2D eigenvalue weighted by Crippen LogP contribution is 0.846. The highest BCUT2D eigenvalue weighted by molar-refractivity contribution is 7.59. The van der Waals surface area contributed by atoms with Gasteiger partial charge in [0.25, 0.3) is 0 Å². The molecule has 5 heavy (non-hydrogen) atoms. The first-order chi connectivity index (χ1) is 1.41. The molecule has 0 aromatic rings. The third kappa shape index (κ3) is 106. The van der Waals surface area contributed by atoms with Crippen LogP contribution >= 0.6 is 27.0 Å². The van der Waals surface area contributed by atoms with E-state index >= 15 is 0 Å². The minimum atomic E-state index is -0.750. The van der Waals surface area contributed by atoms with Crippen molar-refractivity contribution in [2.24, 2.45) is 0 Å². The van der Waals surface area contributed by atoms with Crippen molar-refractivity contribution in [1.82, 2.24) is 0 Å². The molecular weight excluding hydrogens is 128 g/mol. The monoisotopic (exact) mass is 132 g/mol. The van der Waals surface area contributed by atoms with E-state index in [1.165, 1.54) is 0 Å². The van der Waals surface area contributed by atoms with E-state index in [0.717, 1.165) is 0 Å². The van der Waals surface area contributed by atoms with Gasteiger partial charge in [0.1, 0.15) is 0 Å². The highest BCUT2D eigenvalue weighted by atomic mass is 32.1. The van der Waals surface area contributed by atoms with Gasteiger partial charge in [-0.1, -0.05) is 0 Å². The normalized spacial score (nSPS) is 2.40. The lowest BCUT2D eigenvalue weighted by molar-refractivity contribution is 0.630. The fourth-order valence-electron chi connectivity index (χ4n) is 0. The van der Waals surface area contributed by atoms with Crippen molar-refractivity contribution in [2.45, 2.75) is 0 Å². The third-order valence-corrected chi connectivity index (χ3v) is 0. The van der Waals surface area contributed by atoms with Gasteiger partial charge in [0.2, 0.25) is 0 Å². The Bertz CT molecular complexity index is 25.9. The summed E-state index contributed by atoms with van der Waals surface area (Å²) >= 11 is -0.750. The minimum Gasteiger partial charge on any atom is -0.197 e. The van der Waals surface area contributed by atoms with Crippen LogP contribution in [-0.4, -0.2) is 8.42 Å². The second kappa shape index (κ2) is 24.2. The molecule has 2 nitrogen and oxygen atoms in total. The fraction of sp³-hybridized carbons (Fsp3) is 0. The van der Waals surface area contributed by atoms with Gasteiger partial charge in [-0.3, -0.25) is 0 Å². The first kappa shape index (κ1) is 17.8. The number of hydrogen-bond acceptors (Lipinski definition) is 2. The maximum Gasteiger partial charge on any atom is 0.335 e. The van der Waals surface area contributed by atoms with Crippen LogP contribution in [-0.2, 0) is 11.6 Å². The topological polar surface area (TPSA) is 34.1 Å². The molecule has 0 aromatic heterocycles. The van der Waals surface area contributed by atoms with Crippen LogP contribution < -0.4 is 0 Å². The van der Waals surface area contributed by atoms with Crippen molar-refractivity contribution >= 4 is 38.6 Å². The first-order valence-corrected chi connectivity index (χ1v) is 1.00. The second-order valence-corrected chi connectivity index (χ2v) is 0.204.